The van der Waals surface area contributed by atoms with Gasteiger partial charge in [0.2, 0.25) is 5.75 Å². The van der Waals surface area contributed by atoms with Crippen molar-refractivity contribution in [3.05, 3.63) is 53.6 Å². The van der Waals surface area contributed by atoms with Gasteiger partial charge < -0.3 is 14.6 Å². The van der Waals surface area contributed by atoms with Crippen LogP contribution < -0.4 is 14.4 Å². The summed E-state index contributed by atoms with van der Waals surface area (Å²) in [5.41, 5.74) is 0.531. The van der Waals surface area contributed by atoms with Crippen molar-refractivity contribution in [3.63, 3.8) is 0 Å². The maximum Gasteiger partial charge on any atom is 0.338 e. The number of barbiturate groups is 1. The number of aromatic hydroxyl groups is 1. The Morgan fingerprint density at radius 3 is 2.04 bits per heavy atom. The van der Waals surface area contributed by atoms with Crippen LogP contribution in [0.25, 0.3) is 6.08 Å². The zero-order valence-electron chi connectivity index (χ0n) is 15.5. The summed E-state index contributed by atoms with van der Waals surface area (Å²) in [5, 5.41) is 10.0. The number of urea groups is 1. The fraction of sp³-hybridized carbons (Fsp3) is 0.150. The predicted molar refractivity (Wildman–Crippen MR) is 101 cm³/mol. The van der Waals surface area contributed by atoms with E-state index in [0.717, 1.165) is 9.80 Å². The molecule has 3 rings (SSSR count). The number of anilines is 1. The van der Waals surface area contributed by atoms with Crippen LogP contribution in [-0.4, -0.2) is 49.1 Å². The number of hydrogen-bond donors (Lipinski definition) is 1. The molecule has 1 heterocycles. The molecular formula is C20H18N2O6. The van der Waals surface area contributed by atoms with Crippen molar-refractivity contribution in [1.29, 1.82) is 0 Å². The molecule has 2 aromatic rings. The Kier molecular flexibility index (Phi) is 5.04. The van der Waals surface area contributed by atoms with E-state index in [1.54, 1.807) is 30.3 Å². The number of nitrogens with zero attached hydrogens (tertiary/aromatic N) is 2. The van der Waals surface area contributed by atoms with Gasteiger partial charge in [-0.1, -0.05) is 18.2 Å². The van der Waals surface area contributed by atoms with Gasteiger partial charge in [-0.25, -0.2) is 9.69 Å². The predicted octanol–water partition coefficient (Wildman–Crippen LogP) is 2.42. The Morgan fingerprint density at radius 2 is 1.50 bits per heavy atom. The third-order valence-corrected chi connectivity index (χ3v) is 4.27. The van der Waals surface area contributed by atoms with Crippen LogP contribution in [0, 0.1) is 0 Å². The van der Waals surface area contributed by atoms with E-state index in [0.29, 0.717) is 11.3 Å². The van der Waals surface area contributed by atoms with Crippen molar-refractivity contribution in [2.24, 2.45) is 0 Å². The van der Waals surface area contributed by atoms with E-state index < -0.39 is 17.8 Å². The fourth-order valence-corrected chi connectivity index (χ4v) is 2.81. The summed E-state index contributed by atoms with van der Waals surface area (Å²) in [7, 11) is 4.04. The highest BCUT2D eigenvalue weighted by atomic mass is 16.5. The number of likely N-dealkylation sites (N-methyl/N-ethyl adjacent to an activating group) is 1. The zero-order chi connectivity index (χ0) is 20.4. The van der Waals surface area contributed by atoms with Crippen LogP contribution in [0.5, 0.6) is 17.2 Å². The van der Waals surface area contributed by atoms with E-state index in [1.807, 2.05) is 0 Å². The third-order valence-electron chi connectivity index (χ3n) is 4.27. The molecule has 0 unspecified atom stereocenters. The summed E-state index contributed by atoms with van der Waals surface area (Å²) in [5.74, 6) is -1.44. The minimum atomic E-state index is -0.745. The van der Waals surface area contributed by atoms with E-state index in [1.165, 1.54) is 39.5 Å². The maximum atomic E-state index is 12.9. The molecule has 8 nitrogen and oxygen atoms in total. The second-order valence-electron chi connectivity index (χ2n) is 5.95. The van der Waals surface area contributed by atoms with Gasteiger partial charge in [0.15, 0.2) is 11.5 Å². The average molecular weight is 382 g/mol. The van der Waals surface area contributed by atoms with Gasteiger partial charge in [0.25, 0.3) is 11.8 Å². The lowest BCUT2D eigenvalue weighted by Crippen LogP contribution is -2.55. The Labute approximate surface area is 161 Å². The maximum absolute atomic E-state index is 12.9. The molecule has 0 atom stereocenters. The Morgan fingerprint density at radius 1 is 0.929 bits per heavy atom. The molecule has 28 heavy (non-hydrogen) atoms. The lowest BCUT2D eigenvalue weighted by Gasteiger charge is -2.31. The first kappa shape index (κ1) is 19.0. The van der Waals surface area contributed by atoms with E-state index in [-0.39, 0.29) is 22.8 Å². The number of carbonyl (C=O) groups is 3. The van der Waals surface area contributed by atoms with Crippen LogP contribution >= 0.6 is 0 Å². The zero-order valence-corrected chi connectivity index (χ0v) is 15.5. The fourth-order valence-electron chi connectivity index (χ4n) is 2.81. The number of phenols is 1. The molecule has 0 aromatic heterocycles. The second-order valence-corrected chi connectivity index (χ2v) is 5.95. The van der Waals surface area contributed by atoms with Gasteiger partial charge in [-0.2, -0.15) is 0 Å². The van der Waals surface area contributed by atoms with Gasteiger partial charge in [0.05, 0.1) is 19.9 Å². The van der Waals surface area contributed by atoms with Crippen LogP contribution in [0.2, 0.25) is 0 Å². The van der Waals surface area contributed by atoms with Crippen molar-refractivity contribution in [1.82, 2.24) is 4.90 Å². The number of imide groups is 2. The van der Waals surface area contributed by atoms with Gasteiger partial charge in [-0.15, -0.1) is 0 Å². The van der Waals surface area contributed by atoms with Crippen LogP contribution in [0.15, 0.2) is 48.0 Å². The first-order chi connectivity index (χ1) is 13.4. The molecule has 0 radical (unpaired) electrons. The van der Waals surface area contributed by atoms with Crippen LogP contribution in [0.1, 0.15) is 5.56 Å². The number of ether oxygens (including phenoxy) is 2. The number of methoxy groups -OCH3 is 2. The van der Waals surface area contributed by atoms with Gasteiger partial charge in [0, 0.05) is 7.05 Å². The summed E-state index contributed by atoms with van der Waals surface area (Å²) in [6, 6.07) is 10.5. The molecule has 1 aliphatic heterocycles. The molecule has 1 saturated heterocycles. The van der Waals surface area contributed by atoms with Crippen LogP contribution in [-0.2, 0) is 9.59 Å². The summed E-state index contributed by atoms with van der Waals surface area (Å²) >= 11 is 0. The lowest BCUT2D eigenvalue weighted by atomic mass is 10.0. The Balaban J connectivity index is 2.11. The molecule has 0 aliphatic carbocycles. The molecule has 1 N–H and O–H groups in total. The van der Waals surface area contributed by atoms with E-state index in [4.69, 9.17) is 9.47 Å². The van der Waals surface area contributed by atoms with Gasteiger partial charge >= 0.3 is 6.03 Å². The van der Waals surface area contributed by atoms with Crippen molar-refractivity contribution in [2.75, 3.05) is 26.2 Å². The molecule has 2 aromatic carbocycles. The largest absolute Gasteiger partial charge is 0.502 e. The number of amides is 4. The minimum Gasteiger partial charge on any atom is -0.502 e. The molecule has 8 heteroatoms. The van der Waals surface area contributed by atoms with E-state index in [9.17, 15) is 19.5 Å². The summed E-state index contributed by atoms with van der Waals surface area (Å²) in [6.07, 6.45) is 1.33. The summed E-state index contributed by atoms with van der Waals surface area (Å²) in [4.78, 5) is 39.8. The van der Waals surface area contributed by atoms with Gasteiger partial charge in [-0.3, -0.25) is 14.5 Å². The number of phenolic OH excluding ortho intramolecular Hbond substituents is 1. The highest BCUT2D eigenvalue weighted by Crippen LogP contribution is 2.38. The summed E-state index contributed by atoms with van der Waals surface area (Å²) < 4.78 is 10.2. The number of carbonyl (C=O) groups excluding carboxylic acids is 3. The van der Waals surface area contributed by atoms with Crippen molar-refractivity contribution < 1.29 is 29.0 Å². The van der Waals surface area contributed by atoms with E-state index in [2.05, 4.69) is 0 Å². The van der Waals surface area contributed by atoms with E-state index >= 15 is 0 Å². The third kappa shape index (κ3) is 3.16. The first-order valence-electron chi connectivity index (χ1n) is 8.27. The Hall–Kier alpha value is -3.81. The van der Waals surface area contributed by atoms with Crippen molar-refractivity contribution in [3.8, 4) is 17.2 Å². The monoisotopic (exact) mass is 382 g/mol. The standard InChI is InChI=1S/C20H18N2O6/c1-21-18(24)14(9-12-10-15(27-2)17(23)16(11-12)28-3)19(25)22(20(21)26)13-7-5-4-6-8-13/h4-11,23H,1-3H3. The SMILES string of the molecule is COc1cc(C=C2C(=O)N(C)C(=O)N(c3ccccc3)C2=O)cc(OC)c1O. The highest BCUT2D eigenvalue weighted by Gasteiger charge is 2.40. The molecule has 1 aliphatic rings. The average Bonchev–Trinajstić information content (AvgIpc) is 2.71. The number of hydrogen-bond acceptors (Lipinski definition) is 6. The molecule has 0 saturated carbocycles. The molecular weight excluding hydrogens is 364 g/mol. The second kappa shape index (κ2) is 7.43. The van der Waals surface area contributed by atoms with Crippen molar-refractivity contribution >= 4 is 29.6 Å². The topological polar surface area (TPSA) is 96.4 Å². The first-order valence-corrected chi connectivity index (χ1v) is 8.27. The Bertz CT molecular complexity index is 958. The lowest BCUT2D eigenvalue weighted by molar-refractivity contribution is -0.128. The van der Waals surface area contributed by atoms with Crippen molar-refractivity contribution in [2.45, 2.75) is 0 Å². The highest BCUT2D eigenvalue weighted by molar-refractivity contribution is 6.39. The van der Waals surface area contributed by atoms with Crippen LogP contribution in [0.4, 0.5) is 10.5 Å². The number of benzene rings is 2. The molecule has 1 fully saturated rings. The summed E-state index contributed by atoms with van der Waals surface area (Å²) in [6.45, 7) is 0. The molecule has 144 valence electrons. The quantitative estimate of drug-likeness (QED) is 0.644. The minimum absolute atomic E-state index is 0.117. The van der Waals surface area contributed by atoms with Gasteiger partial charge in [0.1, 0.15) is 5.57 Å². The molecule has 4 amide bonds. The van der Waals surface area contributed by atoms with Crippen LogP contribution in [0.3, 0.4) is 0 Å². The smallest absolute Gasteiger partial charge is 0.338 e. The molecule has 0 spiro atoms. The normalized spacial score (nSPS) is 16.0. The number of rotatable bonds is 4. The number of para-hydroxylation sites is 1. The van der Waals surface area contributed by atoms with Gasteiger partial charge in [-0.05, 0) is 35.9 Å². The molecule has 0 bridgehead atoms.